The molecule has 2 unspecified atom stereocenters. The number of methoxy groups -OCH3 is 1. The van der Waals surface area contributed by atoms with Crippen molar-refractivity contribution in [1.29, 1.82) is 0 Å². The Labute approximate surface area is 113 Å². The van der Waals surface area contributed by atoms with E-state index in [0.29, 0.717) is 38.6 Å². The summed E-state index contributed by atoms with van der Waals surface area (Å²) in [6.45, 7) is 2.08. The van der Waals surface area contributed by atoms with E-state index in [1.807, 2.05) is 0 Å². The van der Waals surface area contributed by atoms with Gasteiger partial charge < -0.3 is 20.7 Å². The number of ether oxygens (including phenoxy) is 1. The number of nitrogens with one attached hydrogen (secondary N) is 1. The van der Waals surface area contributed by atoms with Crippen LogP contribution in [0.2, 0.25) is 0 Å². The van der Waals surface area contributed by atoms with Crippen LogP contribution in [0, 0.1) is 11.8 Å². The Bertz CT molecular complexity index is 344. The zero-order chi connectivity index (χ0) is 13.8. The molecular formula is C13H23N3O3. The highest BCUT2D eigenvalue weighted by Gasteiger charge is 2.35. The standard InChI is InChI=1S/C13H23N3O3/c1-19-5-4-16-8-10(6-12(16)17)13(18)15-7-11(14)9-2-3-9/h9-11H,2-8,14H2,1H3,(H,15,18). The summed E-state index contributed by atoms with van der Waals surface area (Å²) in [5.41, 5.74) is 5.94. The van der Waals surface area contributed by atoms with E-state index in [1.54, 1.807) is 12.0 Å². The average Bonchev–Trinajstić information content (AvgIpc) is 3.18. The van der Waals surface area contributed by atoms with E-state index >= 15 is 0 Å². The predicted octanol–water partition coefficient (Wildman–Crippen LogP) is -0.665. The number of rotatable bonds is 7. The van der Waals surface area contributed by atoms with E-state index in [1.165, 1.54) is 12.8 Å². The van der Waals surface area contributed by atoms with Crippen LogP contribution in [-0.2, 0) is 14.3 Å². The van der Waals surface area contributed by atoms with Gasteiger partial charge in [-0.3, -0.25) is 9.59 Å². The number of hydrogen-bond acceptors (Lipinski definition) is 4. The van der Waals surface area contributed by atoms with Gasteiger partial charge in [0.25, 0.3) is 0 Å². The summed E-state index contributed by atoms with van der Waals surface area (Å²) in [6, 6.07) is 0.0608. The first-order valence-electron chi connectivity index (χ1n) is 6.91. The number of nitrogens with two attached hydrogens (primary N) is 1. The predicted molar refractivity (Wildman–Crippen MR) is 70.3 cm³/mol. The van der Waals surface area contributed by atoms with E-state index < -0.39 is 0 Å². The van der Waals surface area contributed by atoms with Crippen LogP contribution in [0.25, 0.3) is 0 Å². The van der Waals surface area contributed by atoms with Crippen molar-refractivity contribution < 1.29 is 14.3 Å². The molecule has 0 aromatic rings. The van der Waals surface area contributed by atoms with E-state index in [4.69, 9.17) is 10.5 Å². The molecule has 0 radical (unpaired) electrons. The molecule has 6 nitrogen and oxygen atoms in total. The maximum Gasteiger partial charge on any atom is 0.225 e. The summed E-state index contributed by atoms with van der Waals surface area (Å²) in [6.07, 6.45) is 2.64. The highest BCUT2D eigenvalue weighted by molar-refractivity contribution is 5.89. The van der Waals surface area contributed by atoms with E-state index in [9.17, 15) is 9.59 Å². The quantitative estimate of drug-likeness (QED) is 0.642. The summed E-state index contributed by atoms with van der Waals surface area (Å²) in [5.74, 6) is 0.313. The van der Waals surface area contributed by atoms with Gasteiger partial charge in [-0.25, -0.2) is 0 Å². The van der Waals surface area contributed by atoms with Gasteiger partial charge in [0.05, 0.1) is 12.5 Å². The van der Waals surface area contributed by atoms with Crippen LogP contribution in [0.1, 0.15) is 19.3 Å². The number of carbonyl (C=O) groups excluding carboxylic acids is 2. The molecule has 0 bridgehead atoms. The SMILES string of the molecule is COCCN1CC(C(=O)NCC(N)C2CC2)CC1=O. The Morgan fingerprint density at radius 1 is 1.58 bits per heavy atom. The summed E-state index contributed by atoms with van der Waals surface area (Å²) in [4.78, 5) is 25.4. The second-order valence-electron chi connectivity index (χ2n) is 5.48. The van der Waals surface area contributed by atoms with Crippen LogP contribution in [0.5, 0.6) is 0 Å². The van der Waals surface area contributed by atoms with Crippen LogP contribution in [0.3, 0.4) is 0 Å². The monoisotopic (exact) mass is 269 g/mol. The first-order chi connectivity index (χ1) is 9.11. The molecule has 1 aliphatic carbocycles. The minimum atomic E-state index is -0.240. The van der Waals surface area contributed by atoms with Gasteiger partial charge in [0.15, 0.2) is 0 Å². The summed E-state index contributed by atoms with van der Waals surface area (Å²) < 4.78 is 4.95. The molecule has 0 aromatic carbocycles. The fourth-order valence-corrected chi connectivity index (χ4v) is 2.42. The second-order valence-corrected chi connectivity index (χ2v) is 5.48. The van der Waals surface area contributed by atoms with Gasteiger partial charge in [-0.15, -0.1) is 0 Å². The lowest BCUT2D eigenvalue weighted by molar-refractivity contribution is -0.129. The highest BCUT2D eigenvalue weighted by Crippen LogP contribution is 2.31. The molecule has 0 spiro atoms. The van der Waals surface area contributed by atoms with Crippen molar-refractivity contribution in [1.82, 2.24) is 10.2 Å². The van der Waals surface area contributed by atoms with E-state index in [-0.39, 0.29) is 23.8 Å². The van der Waals surface area contributed by atoms with Crippen molar-refractivity contribution in [2.24, 2.45) is 17.6 Å². The lowest BCUT2D eigenvalue weighted by Gasteiger charge is -2.16. The maximum atomic E-state index is 12.0. The molecule has 19 heavy (non-hydrogen) atoms. The van der Waals surface area contributed by atoms with Crippen LogP contribution in [0.4, 0.5) is 0 Å². The summed E-state index contributed by atoms with van der Waals surface area (Å²) in [7, 11) is 1.60. The highest BCUT2D eigenvalue weighted by atomic mass is 16.5. The van der Waals surface area contributed by atoms with Crippen LogP contribution in [-0.4, -0.2) is 56.1 Å². The van der Waals surface area contributed by atoms with Gasteiger partial charge in [-0.1, -0.05) is 0 Å². The zero-order valence-corrected chi connectivity index (χ0v) is 11.4. The fourth-order valence-electron chi connectivity index (χ4n) is 2.42. The first-order valence-corrected chi connectivity index (χ1v) is 6.91. The van der Waals surface area contributed by atoms with Crippen molar-refractivity contribution in [2.75, 3.05) is 33.4 Å². The average molecular weight is 269 g/mol. The molecule has 3 N–H and O–H groups in total. The van der Waals surface area contributed by atoms with E-state index in [2.05, 4.69) is 5.32 Å². The van der Waals surface area contributed by atoms with Crippen molar-refractivity contribution in [3.63, 3.8) is 0 Å². The molecule has 1 saturated heterocycles. The van der Waals surface area contributed by atoms with Gasteiger partial charge in [0.2, 0.25) is 11.8 Å². The van der Waals surface area contributed by atoms with Gasteiger partial charge >= 0.3 is 0 Å². The van der Waals surface area contributed by atoms with Gasteiger partial charge in [-0.2, -0.15) is 0 Å². The number of carbonyl (C=O) groups is 2. The van der Waals surface area contributed by atoms with E-state index in [0.717, 1.165) is 0 Å². The van der Waals surface area contributed by atoms with Crippen LogP contribution < -0.4 is 11.1 Å². The fraction of sp³-hybridized carbons (Fsp3) is 0.846. The minimum Gasteiger partial charge on any atom is -0.383 e. The lowest BCUT2D eigenvalue weighted by Crippen LogP contribution is -2.41. The van der Waals surface area contributed by atoms with Crippen molar-refractivity contribution in [3.05, 3.63) is 0 Å². The Hall–Kier alpha value is -1.14. The Morgan fingerprint density at radius 2 is 2.32 bits per heavy atom. The van der Waals surface area contributed by atoms with Crippen molar-refractivity contribution in [3.8, 4) is 0 Å². The minimum absolute atomic E-state index is 0.0312. The molecule has 2 amide bonds. The molecule has 2 atom stereocenters. The summed E-state index contributed by atoms with van der Waals surface area (Å²) >= 11 is 0. The Kier molecular flexibility index (Phi) is 4.76. The van der Waals surface area contributed by atoms with Gasteiger partial charge in [0, 0.05) is 39.2 Å². The number of hydrogen-bond donors (Lipinski definition) is 2. The van der Waals surface area contributed by atoms with Crippen molar-refractivity contribution >= 4 is 11.8 Å². The number of amides is 2. The van der Waals surface area contributed by atoms with Gasteiger partial charge in [0.1, 0.15) is 0 Å². The first kappa shape index (κ1) is 14.3. The molecule has 0 aromatic heterocycles. The molecule has 2 rings (SSSR count). The third-order valence-corrected chi connectivity index (χ3v) is 3.89. The lowest BCUT2D eigenvalue weighted by atomic mass is 10.1. The molecule has 108 valence electrons. The largest absolute Gasteiger partial charge is 0.383 e. The molecule has 6 heteroatoms. The molecule has 2 fully saturated rings. The maximum absolute atomic E-state index is 12.0. The Morgan fingerprint density at radius 3 is 2.95 bits per heavy atom. The molecular weight excluding hydrogens is 246 g/mol. The van der Waals surface area contributed by atoms with Gasteiger partial charge in [-0.05, 0) is 18.8 Å². The number of likely N-dealkylation sites (tertiary alicyclic amines) is 1. The second kappa shape index (κ2) is 6.34. The molecule has 2 aliphatic rings. The molecule has 1 saturated carbocycles. The molecule has 1 aliphatic heterocycles. The molecule has 1 heterocycles. The van der Waals surface area contributed by atoms with Crippen molar-refractivity contribution in [2.45, 2.75) is 25.3 Å². The Balaban J connectivity index is 1.72. The topological polar surface area (TPSA) is 84.7 Å². The summed E-state index contributed by atoms with van der Waals surface area (Å²) in [5, 5.41) is 2.87. The van der Waals surface area contributed by atoms with Crippen LogP contribution >= 0.6 is 0 Å². The van der Waals surface area contributed by atoms with Crippen LogP contribution in [0.15, 0.2) is 0 Å². The number of nitrogens with zero attached hydrogens (tertiary/aromatic N) is 1. The normalized spacial score (nSPS) is 24.6. The third-order valence-electron chi connectivity index (χ3n) is 3.89. The smallest absolute Gasteiger partial charge is 0.225 e. The zero-order valence-electron chi connectivity index (χ0n) is 11.4. The third kappa shape index (κ3) is 3.91.